The second-order valence-corrected chi connectivity index (χ2v) is 9.83. The zero-order valence-corrected chi connectivity index (χ0v) is 21.1. The Bertz CT molecular complexity index is 1520. The predicted octanol–water partition coefficient (Wildman–Crippen LogP) is 7.50. The third-order valence-electron chi connectivity index (χ3n) is 7.07. The minimum Gasteiger partial charge on any atom is -0.0616 e. The molecule has 5 rings (SSSR count). The monoisotopic (exact) mass is 440 g/mol. The quantitative estimate of drug-likeness (QED) is 0.249. The van der Waals surface area contributed by atoms with Crippen LogP contribution in [0, 0.1) is 41.5 Å². The number of hydrogen-bond acceptors (Lipinski definition) is 0. The Hall–Kier alpha value is -3.64. The smallest absolute Gasteiger partial charge is 0.00926 e. The molecule has 0 fully saturated rings. The molecule has 34 heavy (non-hydrogen) atoms. The lowest BCUT2D eigenvalue weighted by atomic mass is 9.92. The summed E-state index contributed by atoms with van der Waals surface area (Å²) < 4.78 is 0. The summed E-state index contributed by atoms with van der Waals surface area (Å²) in [6, 6.07) is 26.9. The van der Waals surface area contributed by atoms with Crippen LogP contribution in [-0.2, 0) is 0 Å². The molecule has 0 radical (unpaired) electrons. The van der Waals surface area contributed by atoms with Gasteiger partial charge in [0.1, 0.15) is 0 Å². The molecule has 0 aliphatic heterocycles. The second kappa shape index (κ2) is 8.61. The topological polar surface area (TPSA) is 0 Å². The van der Waals surface area contributed by atoms with Gasteiger partial charge in [0.25, 0.3) is 0 Å². The molecule has 0 amide bonds. The van der Waals surface area contributed by atoms with Gasteiger partial charge in [0, 0.05) is 0 Å². The molecular weight excluding hydrogens is 408 g/mol. The summed E-state index contributed by atoms with van der Waals surface area (Å²) in [5, 5.41) is 7.80. The zero-order valence-electron chi connectivity index (χ0n) is 21.1. The molecule has 5 aromatic rings. The molecule has 0 spiro atoms. The van der Waals surface area contributed by atoms with Crippen molar-refractivity contribution >= 4 is 33.7 Å². The highest BCUT2D eigenvalue weighted by Gasteiger charge is 2.09. The van der Waals surface area contributed by atoms with Crippen molar-refractivity contribution in [2.24, 2.45) is 0 Å². The van der Waals surface area contributed by atoms with E-state index in [1.807, 2.05) is 0 Å². The lowest BCUT2D eigenvalue weighted by molar-refractivity contribution is 1.29. The van der Waals surface area contributed by atoms with Gasteiger partial charge in [-0.25, -0.2) is 0 Å². The van der Waals surface area contributed by atoms with Gasteiger partial charge < -0.3 is 0 Å². The van der Waals surface area contributed by atoms with Crippen molar-refractivity contribution in [2.75, 3.05) is 0 Å². The third kappa shape index (κ3) is 3.84. The molecule has 0 aliphatic carbocycles. The fraction of sp³-hybridized carbons (Fsp3) is 0.176. The standard InChI is InChI=1S/C34H32/c1-21-15-23(3)31(24(4)16-21)19-33-29-13-9-7-11-27(29)28-12-8-10-14-30(28)34(33)20-32-25(5)17-22(2)18-26(32)6/h7-20H,1-6H3. The van der Waals surface area contributed by atoms with Crippen LogP contribution in [-0.4, -0.2) is 0 Å². The van der Waals surface area contributed by atoms with E-state index in [-0.39, 0.29) is 0 Å². The van der Waals surface area contributed by atoms with Crippen molar-refractivity contribution in [1.82, 2.24) is 0 Å². The molecule has 0 saturated heterocycles. The van der Waals surface area contributed by atoms with Crippen LogP contribution in [0.3, 0.4) is 0 Å². The van der Waals surface area contributed by atoms with E-state index in [4.69, 9.17) is 0 Å². The Kier molecular flexibility index (Phi) is 5.62. The lowest BCUT2D eigenvalue weighted by Gasteiger charge is -2.12. The van der Waals surface area contributed by atoms with Crippen LogP contribution in [0.1, 0.15) is 44.5 Å². The van der Waals surface area contributed by atoms with E-state index < -0.39 is 0 Å². The first-order valence-electron chi connectivity index (χ1n) is 12.1. The number of hydrogen-bond donors (Lipinski definition) is 0. The maximum atomic E-state index is 2.42. The average Bonchev–Trinajstić information content (AvgIpc) is 2.79. The zero-order chi connectivity index (χ0) is 24.0. The highest BCUT2D eigenvalue weighted by atomic mass is 14.1. The van der Waals surface area contributed by atoms with E-state index in [2.05, 4.69) is 126 Å². The number of benzene rings is 5. The van der Waals surface area contributed by atoms with Crippen molar-refractivity contribution in [2.45, 2.75) is 41.5 Å². The summed E-state index contributed by atoms with van der Waals surface area (Å²) in [6.07, 6.45) is 4.84. The van der Waals surface area contributed by atoms with Crippen LogP contribution in [0.5, 0.6) is 0 Å². The van der Waals surface area contributed by atoms with Crippen molar-refractivity contribution in [3.63, 3.8) is 0 Å². The Morgan fingerprint density at radius 1 is 0.412 bits per heavy atom. The lowest BCUT2D eigenvalue weighted by Crippen LogP contribution is -2.27. The highest BCUT2D eigenvalue weighted by Crippen LogP contribution is 2.23. The minimum atomic E-state index is 1.30. The molecule has 0 unspecified atom stereocenters. The number of aryl methyl sites for hydroxylation is 6. The van der Waals surface area contributed by atoms with E-state index in [0.29, 0.717) is 0 Å². The second-order valence-electron chi connectivity index (χ2n) is 9.83. The molecule has 0 aromatic heterocycles. The van der Waals surface area contributed by atoms with Crippen LogP contribution in [0.25, 0.3) is 33.7 Å². The molecule has 0 nitrogen and oxygen atoms in total. The summed E-state index contributed by atoms with van der Waals surface area (Å²) in [5.74, 6) is 0. The summed E-state index contributed by atoms with van der Waals surface area (Å²) in [7, 11) is 0. The normalized spacial score (nSPS) is 12.8. The maximum absolute atomic E-state index is 2.42. The van der Waals surface area contributed by atoms with Gasteiger partial charge in [-0.3, -0.25) is 0 Å². The molecule has 0 atom stereocenters. The Morgan fingerprint density at radius 3 is 1.03 bits per heavy atom. The van der Waals surface area contributed by atoms with Crippen molar-refractivity contribution in [3.05, 3.63) is 128 Å². The van der Waals surface area contributed by atoms with Gasteiger partial charge in [-0.2, -0.15) is 0 Å². The fourth-order valence-corrected chi connectivity index (χ4v) is 5.63. The van der Waals surface area contributed by atoms with Gasteiger partial charge in [-0.15, -0.1) is 0 Å². The van der Waals surface area contributed by atoms with Crippen LogP contribution in [0.2, 0.25) is 0 Å². The molecular formula is C34H32. The maximum Gasteiger partial charge on any atom is -0.00926 e. The van der Waals surface area contributed by atoms with Crippen LogP contribution < -0.4 is 10.4 Å². The van der Waals surface area contributed by atoms with Gasteiger partial charge in [0.05, 0.1) is 0 Å². The van der Waals surface area contributed by atoms with Gasteiger partial charge in [0.2, 0.25) is 0 Å². The number of fused-ring (bicyclic) bond motifs is 3. The summed E-state index contributed by atoms with van der Waals surface area (Å²) in [4.78, 5) is 0. The van der Waals surface area contributed by atoms with Gasteiger partial charge >= 0.3 is 0 Å². The predicted molar refractivity (Wildman–Crippen MR) is 149 cm³/mol. The van der Waals surface area contributed by atoms with E-state index in [1.54, 1.807) is 0 Å². The molecule has 5 aromatic carbocycles. The molecule has 168 valence electrons. The highest BCUT2D eigenvalue weighted by molar-refractivity contribution is 6.08. The molecule has 0 bridgehead atoms. The van der Waals surface area contributed by atoms with E-state index >= 15 is 0 Å². The van der Waals surface area contributed by atoms with E-state index in [9.17, 15) is 0 Å². The van der Waals surface area contributed by atoms with E-state index in [0.717, 1.165) is 0 Å². The molecule has 0 saturated carbocycles. The Labute approximate surface area is 202 Å². The summed E-state index contributed by atoms with van der Waals surface area (Å²) >= 11 is 0. The van der Waals surface area contributed by atoms with Gasteiger partial charge in [-0.1, -0.05) is 83.9 Å². The van der Waals surface area contributed by atoms with Crippen LogP contribution >= 0.6 is 0 Å². The Balaban J connectivity index is 2.04. The summed E-state index contributed by atoms with van der Waals surface area (Å²) in [5.41, 5.74) is 10.6. The van der Waals surface area contributed by atoms with E-state index in [1.165, 1.54) is 76.5 Å². The summed E-state index contributed by atoms with van der Waals surface area (Å²) in [6.45, 7) is 13.3. The first-order valence-corrected chi connectivity index (χ1v) is 12.1. The first-order chi connectivity index (χ1) is 16.3. The van der Waals surface area contributed by atoms with Gasteiger partial charge in [-0.05, 0) is 119 Å². The van der Waals surface area contributed by atoms with Crippen LogP contribution in [0.15, 0.2) is 72.8 Å². The fourth-order valence-electron chi connectivity index (χ4n) is 5.63. The minimum absolute atomic E-state index is 1.30. The average molecular weight is 441 g/mol. The van der Waals surface area contributed by atoms with Crippen molar-refractivity contribution in [1.29, 1.82) is 0 Å². The number of rotatable bonds is 2. The molecule has 0 heteroatoms. The third-order valence-corrected chi connectivity index (χ3v) is 7.07. The molecule has 0 aliphatic rings. The molecule has 0 heterocycles. The van der Waals surface area contributed by atoms with Gasteiger partial charge in [0.15, 0.2) is 0 Å². The van der Waals surface area contributed by atoms with Crippen LogP contribution in [0.4, 0.5) is 0 Å². The van der Waals surface area contributed by atoms with Crippen molar-refractivity contribution < 1.29 is 0 Å². The van der Waals surface area contributed by atoms with Crippen molar-refractivity contribution in [3.8, 4) is 0 Å². The largest absolute Gasteiger partial charge is 0.0616 e. The molecule has 0 N–H and O–H groups in total. The SMILES string of the molecule is Cc1cc(C)c(C=c2c(=Cc3c(C)cc(C)cc3C)c3ccccc3c3ccccc23)c(C)c1. The Morgan fingerprint density at radius 2 is 0.706 bits per heavy atom. The first kappa shape index (κ1) is 22.2.